The molecule has 112 valence electrons. The van der Waals surface area contributed by atoms with E-state index < -0.39 is 12.0 Å². The van der Waals surface area contributed by atoms with Crippen molar-refractivity contribution < 1.29 is 24.2 Å². The number of carbonyl (C=O) groups is 2. The Hall–Kier alpha value is -0.790. The quantitative estimate of drug-likeness (QED) is 0.517. The number of rotatable bonds is 12. The minimum Gasteiger partial charge on any atom is -0.480 e. The smallest absolute Gasteiger partial charge is 0.326 e. The molecule has 6 nitrogen and oxygen atoms in total. The molecule has 0 aromatic heterocycles. The third-order valence-electron chi connectivity index (χ3n) is 2.29. The molecule has 0 fully saturated rings. The highest BCUT2D eigenvalue weighted by molar-refractivity contribution is 7.99. The van der Waals surface area contributed by atoms with Crippen molar-refractivity contribution in [2.45, 2.75) is 25.8 Å². The van der Waals surface area contributed by atoms with Crippen LogP contribution in [0.2, 0.25) is 0 Å². The van der Waals surface area contributed by atoms with Crippen molar-refractivity contribution in [2.75, 3.05) is 38.4 Å². The number of methoxy groups -OCH3 is 1. The molecular weight excluding hydrogens is 270 g/mol. The second-order valence-corrected chi connectivity index (χ2v) is 5.19. The molecule has 1 atom stereocenters. The van der Waals surface area contributed by atoms with Crippen LogP contribution in [0.5, 0.6) is 0 Å². The number of aliphatic carboxylic acids is 1. The fourth-order valence-electron chi connectivity index (χ4n) is 1.28. The molecule has 0 aliphatic heterocycles. The Labute approximate surface area is 118 Å². The number of hydrogen-bond donors (Lipinski definition) is 2. The van der Waals surface area contributed by atoms with E-state index in [9.17, 15) is 9.59 Å². The summed E-state index contributed by atoms with van der Waals surface area (Å²) in [5.74, 6) is 0.364. The van der Waals surface area contributed by atoms with E-state index in [0.717, 1.165) is 11.5 Å². The Morgan fingerprint density at radius 1 is 1.32 bits per heavy atom. The number of thioether (sulfide) groups is 1. The van der Waals surface area contributed by atoms with Crippen LogP contribution in [0.3, 0.4) is 0 Å². The molecule has 0 saturated carbocycles. The van der Waals surface area contributed by atoms with Crippen molar-refractivity contribution in [1.29, 1.82) is 0 Å². The monoisotopic (exact) mass is 293 g/mol. The van der Waals surface area contributed by atoms with E-state index in [-0.39, 0.29) is 18.9 Å². The lowest BCUT2D eigenvalue weighted by Gasteiger charge is -2.14. The summed E-state index contributed by atoms with van der Waals surface area (Å²) in [6.07, 6.45) is 0.596. The number of ether oxygens (including phenoxy) is 2. The molecule has 0 rings (SSSR count). The predicted octanol–water partition coefficient (Wildman–Crippen LogP) is 0.752. The van der Waals surface area contributed by atoms with Gasteiger partial charge in [-0.25, -0.2) is 4.79 Å². The maximum atomic E-state index is 11.5. The van der Waals surface area contributed by atoms with Crippen LogP contribution in [0.15, 0.2) is 0 Å². The molecule has 0 aromatic rings. The summed E-state index contributed by atoms with van der Waals surface area (Å²) >= 11 is 1.65. The van der Waals surface area contributed by atoms with Gasteiger partial charge in [0.1, 0.15) is 6.04 Å². The summed E-state index contributed by atoms with van der Waals surface area (Å²) in [6, 6.07) is -0.814. The van der Waals surface area contributed by atoms with Crippen molar-refractivity contribution in [1.82, 2.24) is 5.32 Å². The molecule has 0 bridgehead atoms. The fourth-order valence-corrected chi connectivity index (χ4v) is 1.97. The normalized spacial score (nSPS) is 12.1. The van der Waals surface area contributed by atoms with E-state index in [0.29, 0.717) is 19.6 Å². The van der Waals surface area contributed by atoms with Gasteiger partial charge in [0, 0.05) is 13.5 Å². The lowest BCUT2D eigenvalue weighted by atomic mass is 10.2. The Bertz CT molecular complexity index is 263. The summed E-state index contributed by atoms with van der Waals surface area (Å²) in [5.41, 5.74) is 0. The molecule has 0 spiro atoms. The molecule has 1 unspecified atom stereocenters. The maximum Gasteiger partial charge on any atom is 0.326 e. The molecule has 0 aliphatic carbocycles. The number of nitrogens with one attached hydrogen (secondary N) is 1. The van der Waals surface area contributed by atoms with Crippen LogP contribution < -0.4 is 5.32 Å². The van der Waals surface area contributed by atoms with Crippen molar-refractivity contribution >= 4 is 23.6 Å². The second-order valence-electron chi connectivity index (χ2n) is 3.80. The summed E-state index contributed by atoms with van der Waals surface area (Å²) in [7, 11) is 1.57. The Kier molecular flexibility index (Phi) is 11.7. The van der Waals surface area contributed by atoms with Gasteiger partial charge in [0.15, 0.2) is 0 Å². The van der Waals surface area contributed by atoms with E-state index in [1.807, 2.05) is 6.92 Å². The third-order valence-corrected chi connectivity index (χ3v) is 3.23. The van der Waals surface area contributed by atoms with Crippen LogP contribution >= 0.6 is 11.8 Å². The van der Waals surface area contributed by atoms with Gasteiger partial charge in [-0.05, 0) is 17.9 Å². The first-order valence-corrected chi connectivity index (χ1v) is 7.43. The highest BCUT2D eigenvalue weighted by Crippen LogP contribution is 2.04. The standard InChI is InChI=1S/C12H23NO5S/c1-3-19-9-5-10(12(15)16)13-11(14)4-6-18-8-7-17-2/h10H,3-9H2,1-2H3,(H,13,14)(H,15,16). The average molecular weight is 293 g/mol. The highest BCUT2D eigenvalue weighted by Gasteiger charge is 2.19. The van der Waals surface area contributed by atoms with Gasteiger partial charge >= 0.3 is 5.97 Å². The van der Waals surface area contributed by atoms with Gasteiger partial charge in [0.2, 0.25) is 5.91 Å². The molecule has 0 saturated heterocycles. The van der Waals surface area contributed by atoms with Gasteiger partial charge in [-0.15, -0.1) is 0 Å². The van der Waals surface area contributed by atoms with Crippen molar-refractivity contribution in [3.05, 3.63) is 0 Å². The first-order chi connectivity index (χ1) is 9.11. The van der Waals surface area contributed by atoms with Crippen LogP contribution in [0.1, 0.15) is 19.8 Å². The molecule has 0 aliphatic rings. The van der Waals surface area contributed by atoms with Gasteiger partial charge in [0.25, 0.3) is 0 Å². The van der Waals surface area contributed by atoms with Crippen LogP contribution in [-0.2, 0) is 19.1 Å². The van der Waals surface area contributed by atoms with E-state index in [2.05, 4.69) is 5.32 Å². The minimum absolute atomic E-state index is 0.161. The van der Waals surface area contributed by atoms with E-state index in [1.165, 1.54) is 0 Å². The summed E-state index contributed by atoms with van der Waals surface area (Å²) in [5, 5.41) is 11.5. The predicted molar refractivity (Wildman–Crippen MR) is 74.5 cm³/mol. The number of amides is 1. The van der Waals surface area contributed by atoms with Gasteiger partial charge < -0.3 is 19.9 Å². The van der Waals surface area contributed by atoms with Crippen LogP contribution in [0.25, 0.3) is 0 Å². The van der Waals surface area contributed by atoms with E-state index in [4.69, 9.17) is 14.6 Å². The highest BCUT2D eigenvalue weighted by atomic mass is 32.2. The third kappa shape index (κ3) is 10.8. The molecule has 0 radical (unpaired) electrons. The number of carbonyl (C=O) groups excluding carboxylic acids is 1. The number of carboxylic acid groups (broad SMARTS) is 1. The summed E-state index contributed by atoms with van der Waals surface area (Å²) in [6.45, 7) is 3.19. The van der Waals surface area contributed by atoms with Crippen molar-refractivity contribution in [3.8, 4) is 0 Å². The lowest BCUT2D eigenvalue weighted by Crippen LogP contribution is -2.41. The van der Waals surface area contributed by atoms with Gasteiger partial charge in [0.05, 0.1) is 19.8 Å². The van der Waals surface area contributed by atoms with Gasteiger partial charge in [-0.1, -0.05) is 6.92 Å². The van der Waals surface area contributed by atoms with Crippen LogP contribution in [0.4, 0.5) is 0 Å². The Morgan fingerprint density at radius 2 is 2.05 bits per heavy atom. The second kappa shape index (κ2) is 12.3. The summed E-state index contributed by atoms with van der Waals surface area (Å²) in [4.78, 5) is 22.5. The van der Waals surface area contributed by atoms with E-state index in [1.54, 1.807) is 18.9 Å². The Balaban J connectivity index is 3.80. The Morgan fingerprint density at radius 3 is 2.63 bits per heavy atom. The first kappa shape index (κ1) is 18.2. The zero-order chi connectivity index (χ0) is 14.5. The zero-order valence-corrected chi connectivity index (χ0v) is 12.3. The largest absolute Gasteiger partial charge is 0.480 e. The molecule has 0 heterocycles. The zero-order valence-electron chi connectivity index (χ0n) is 11.5. The van der Waals surface area contributed by atoms with E-state index >= 15 is 0 Å². The van der Waals surface area contributed by atoms with Crippen molar-refractivity contribution in [2.24, 2.45) is 0 Å². The molecule has 1 amide bonds. The SMILES string of the molecule is CCSCCC(NC(=O)CCOCCOC)C(=O)O. The summed E-state index contributed by atoms with van der Waals surface area (Å²) < 4.78 is 9.94. The number of carboxylic acids is 1. The lowest BCUT2D eigenvalue weighted by molar-refractivity contribution is -0.142. The molecule has 0 aromatic carbocycles. The van der Waals surface area contributed by atoms with Crippen LogP contribution in [-0.4, -0.2) is 61.5 Å². The van der Waals surface area contributed by atoms with Crippen LogP contribution in [0, 0.1) is 0 Å². The molecular formula is C12H23NO5S. The van der Waals surface area contributed by atoms with Crippen molar-refractivity contribution in [3.63, 3.8) is 0 Å². The number of hydrogen-bond acceptors (Lipinski definition) is 5. The molecule has 7 heteroatoms. The van der Waals surface area contributed by atoms with Gasteiger partial charge in [-0.3, -0.25) is 4.79 Å². The van der Waals surface area contributed by atoms with Gasteiger partial charge in [-0.2, -0.15) is 11.8 Å². The minimum atomic E-state index is -0.995. The first-order valence-electron chi connectivity index (χ1n) is 6.28. The topological polar surface area (TPSA) is 84.9 Å². The molecule has 2 N–H and O–H groups in total. The average Bonchev–Trinajstić information content (AvgIpc) is 2.37. The maximum absolute atomic E-state index is 11.5. The molecule has 19 heavy (non-hydrogen) atoms. The fraction of sp³-hybridized carbons (Fsp3) is 0.833.